The van der Waals surface area contributed by atoms with Gasteiger partial charge in [0.05, 0.1) is 0 Å². The highest BCUT2D eigenvalue weighted by Gasteiger charge is 2.25. The second kappa shape index (κ2) is 6.96. The average Bonchev–Trinajstić information content (AvgIpc) is 3.23. The van der Waals surface area contributed by atoms with Crippen molar-refractivity contribution in [2.24, 2.45) is 0 Å². The molecule has 1 aliphatic rings. The van der Waals surface area contributed by atoms with Gasteiger partial charge in [0.1, 0.15) is 0 Å². The largest absolute Gasteiger partial charge is 0.264 e. The summed E-state index contributed by atoms with van der Waals surface area (Å²) < 4.78 is 0. The maximum absolute atomic E-state index is 4.53. The number of pyridine rings is 1. The first kappa shape index (κ1) is 20.3. The summed E-state index contributed by atoms with van der Waals surface area (Å²) in [5.41, 5.74) is 10.5. The molecular weight excluding hydrogens is 458 g/mol. The standard InChI is InChI=1S/C37H23N/c1-20-13-25-14-21(2)16-32-30-18-33-28(17-29(30)31(15-20)36(25)32)26-10-8-22-5-3-6-23-9-11-27(37(26)34(22)23)35(33)24-7-4-12-38-19-24/h3-19H,1-2H3. The van der Waals surface area contributed by atoms with Crippen LogP contribution in [-0.4, -0.2) is 4.98 Å². The molecule has 1 aliphatic carbocycles. The van der Waals surface area contributed by atoms with Gasteiger partial charge in [-0.1, -0.05) is 72.8 Å². The fourth-order valence-electron chi connectivity index (χ4n) is 7.20. The van der Waals surface area contributed by atoms with E-state index in [1.165, 1.54) is 92.8 Å². The second-order valence-corrected chi connectivity index (χ2v) is 11.0. The lowest BCUT2D eigenvalue weighted by Crippen LogP contribution is -1.92. The Morgan fingerprint density at radius 3 is 1.84 bits per heavy atom. The molecule has 1 heteroatoms. The highest BCUT2D eigenvalue weighted by Crippen LogP contribution is 2.52. The molecule has 0 fully saturated rings. The SMILES string of the molecule is Cc1cc2c3c(cc(C)cc3c1)-c1cc3c(cc1-2)c(-c1cccnc1)c1ccc2cccc4ccc3c1c24. The van der Waals surface area contributed by atoms with Crippen LogP contribution in [0.1, 0.15) is 11.1 Å². The summed E-state index contributed by atoms with van der Waals surface area (Å²) in [6.45, 7) is 4.42. The molecule has 9 rings (SSSR count). The van der Waals surface area contributed by atoms with Crippen molar-refractivity contribution >= 4 is 53.9 Å². The first-order valence-electron chi connectivity index (χ1n) is 13.3. The van der Waals surface area contributed by atoms with Gasteiger partial charge in [-0.25, -0.2) is 0 Å². The molecular formula is C37H23N. The third-order valence-electron chi connectivity index (χ3n) is 8.63. The van der Waals surface area contributed by atoms with Crippen molar-refractivity contribution < 1.29 is 0 Å². The molecule has 0 spiro atoms. The Morgan fingerprint density at radius 2 is 1.16 bits per heavy atom. The van der Waals surface area contributed by atoms with Crippen LogP contribution >= 0.6 is 0 Å². The Kier molecular flexibility index (Phi) is 3.72. The molecule has 176 valence electrons. The van der Waals surface area contributed by atoms with E-state index < -0.39 is 0 Å². The number of fused-ring (bicyclic) bond motifs is 5. The molecule has 1 heterocycles. The van der Waals surface area contributed by atoms with Gasteiger partial charge in [-0.2, -0.15) is 0 Å². The average molecular weight is 482 g/mol. The van der Waals surface area contributed by atoms with Crippen LogP contribution in [0.5, 0.6) is 0 Å². The summed E-state index contributed by atoms with van der Waals surface area (Å²) in [5.74, 6) is 0. The zero-order valence-electron chi connectivity index (χ0n) is 21.3. The molecule has 0 bridgehead atoms. The van der Waals surface area contributed by atoms with Crippen LogP contribution in [0.25, 0.3) is 87.2 Å². The molecule has 0 radical (unpaired) electrons. The van der Waals surface area contributed by atoms with Gasteiger partial charge >= 0.3 is 0 Å². The van der Waals surface area contributed by atoms with Crippen molar-refractivity contribution in [1.82, 2.24) is 4.98 Å². The number of aromatic nitrogens is 1. The van der Waals surface area contributed by atoms with E-state index in [-0.39, 0.29) is 0 Å². The molecule has 0 saturated carbocycles. The molecule has 8 aromatic rings. The van der Waals surface area contributed by atoms with Gasteiger partial charge in [0, 0.05) is 18.0 Å². The van der Waals surface area contributed by atoms with Gasteiger partial charge in [-0.05, 0) is 125 Å². The summed E-state index contributed by atoms with van der Waals surface area (Å²) >= 11 is 0. The number of nitrogens with zero attached hydrogens (tertiary/aromatic N) is 1. The first-order valence-corrected chi connectivity index (χ1v) is 13.3. The van der Waals surface area contributed by atoms with Crippen LogP contribution in [-0.2, 0) is 0 Å². The van der Waals surface area contributed by atoms with Crippen LogP contribution < -0.4 is 0 Å². The zero-order chi connectivity index (χ0) is 25.1. The number of rotatable bonds is 1. The van der Waals surface area contributed by atoms with Crippen LogP contribution in [0.3, 0.4) is 0 Å². The predicted molar refractivity (Wildman–Crippen MR) is 162 cm³/mol. The summed E-state index contributed by atoms with van der Waals surface area (Å²) in [7, 11) is 0. The highest BCUT2D eigenvalue weighted by atomic mass is 14.6. The minimum absolute atomic E-state index is 1.16. The maximum atomic E-state index is 4.53. The van der Waals surface area contributed by atoms with E-state index in [9.17, 15) is 0 Å². The van der Waals surface area contributed by atoms with Gasteiger partial charge in [0.25, 0.3) is 0 Å². The lowest BCUT2D eigenvalue weighted by Gasteiger charge is -2.19. The molecule has 0 saturated heterocycles. The van der Waals surface area contributed by atoms with Crippen molar-refractivity contribution in [3.8, 4) is 33.4 Å². The Labute approximate surface area is 220 Å². The summed E-state index contributed by atoms with van der Waals surface area (Å²) in [6, 6.07) is 34.5. The maximum Gasteiger partial charge on any atom is 0.0346 e. The molecule has 0 aliphatic heterocycles. The van der Waals surface area contributed by atoms with Crippen LogP contribution in [0.2, 0.25) is 0 Å². The highest BCUT2D eigenvalue weighted by molar-refractivity contribution is 6.34. The lowest BCUT2D eigenvalue weighted by atomic mass is 9.84. The van der Waals surface area contributed by atoms with E-state index in [2.05, 4.69) is 110 Å². The number of benzene rings is 7. The quantitative estimate of drug-likeness (QED) is 0.168. The predicted octanol–water partition coefficient (Wildman–Crippen LogP) is 10.2. The molecule has 0 atom stereocenters. The molecule has 0 unspecified atom stereocenters. The first-order chi connectivity index (χ1) is 18.7. The third kappa shape index (κ3) is 2.49. The Hall–Kier alpha value is -4.75. The van der Waals surface area contributed by atoms with Crippen molar-refractivity contribution in [3.05, 3.63) is 115 Å². The fourth-order valence-corrected chi connectivity index (χ4v) is 7.20. The minimum atomic E-state index is 1.16. The van der Waals surface area contributed by atoms with E-state index in [0.717, 1.165) is 5.56 Å². The topological polar surface area (TPSA) is 12.9 Å². The normalized spacial score (nSPS) is 12.5. The molecule has 38 heavy (non-hydrogen) atoms. The van der Waals surface area contributed by atoms with E-state index in [1.807, 2.05) is 12.4 Å². The molecule has 1 nitrogen and oxygen atoms in total. The smallest absolute Gasteiger partial charge is 0.0346 e. The minimum Gasteiger partial charge on any atom is -0.264 e. The molecule has 0 N–H and O–H groups in total. The lowest BCUT2D eigenvalue weighted by molar-refractivity contribution is 1.33. The summed E-state index contributed by atoms with van der Waals surface area (Å²) in [4.78, 5) is 4.53. The van der Waals surface area contributed by atoms with Crippen molar-refractivity contribution in [3.63, 3.8) is 0 Å². The van der Waals surface area contributed by atoms with Crippen molar-refractivity contribution in [2.45, 2.75) is 13.8 Å². The Bertz CT molecular complexity index is 2270. The van der Waals surface area contributed by atoms with Crippen LogP contribution in [0.4, 0.5) is 0 Å². The fraction of sp³-hybridized carbons (Fsp3) is 0.0541. The summed E-state index contributed by atoms with van der Waals surface area (Å²) in [5, 5.41) is 13.2. The van der Waals surface area contributed by atoms with Gasteiger partial charge in [0.15, 0.2) is 0 Å². The van der Waals surface area contributed by atoms with Gasteiger partial charge < -0.3 is 0 Å². The number of hydrogen-bond donors (Lipinski definition) is 0. The number of hydrogen-bond acceptors (Lipinski definition) is 1. The van der Waals surface area contributed by atoms with E-state index in [4.69, 9.17) is 0 Å². The van der Waals surface area contributed by atoms with Gasteiger partial charge in [0.2, 0.25) is 0 Å². The number of aryl methyl sites for hydroxylation is 2. The molecule has 7 aromatic carbocycles. The summed E-state index contributed by atoms with van der Waals surface area (Å²) in [6.07, 6.45) is 3.88. The van der Waals surface area contributed by atoms with E-state index in [1.54, 1.807) is 0 Å². The molecule has 1 aromatic heterocycles. The van der Waals surface area contributed by atoms with Gasteiger partial charge in [-0.3, -0.25) is 4.98 Å². The Morgan fingerprint density at radius 1 is 0.474 bits per heavy atom. The van der Waals surface area contributed by atoms with Crippen molar-refractivity contribution in [1.29, 1.82) is 0 Å². The third-order valence-corrected chi connectivity index (χ3v) is 8.63. The van der Waals surface area contributed by atoms with Crippen LogP contribution in [0, 0.1) is 13.8 Å². The van der Waals surface area contributed by atoms with E-state index >= 15 is 0 Å². The monoisotopic (exact) mass is 481 g/mol. The van der Waals surface area contributed by atoms with Crippen LogP contribution in [0.15, 0.2) is 103 Å². The van der Waals surface area contributed by atoms with Gasteiger partial charge in [-0.15, -0.1) is 0 Å². The Balaban J connectivity index is 1.55. The van der Waals surface area contributed by atoms with Crippen molar-refractivity contribution in [2.75, 3.05) is 0 Å². The zero-order valence-corrected chi connectivity index (χ0v) is 21.3. The van der Waals surface area contributed by atoms with E-state index in [0.29, 0.717) is 0 Å². The second-order valence-electron chi connectivity index (χ2n) is 11.0. The molecule has 0 amide bonds.